The van der Waals surface area contributed by atoms with Gasteiger partial charge in [0.15, 0.2) is 11.6 Å². The first-order valence-electron chi connectivity index (χ1n) is 14.5. The smallest absolute Gasteiger partial charge is 0.211 e. The zero-order valence-corrected chi connectivity index (χ0v) is 27.6. The minimum atomic E-state index is -0.237. The summed E-state index contributed by atoms with van der Waals surface area (Å²) in [7, 11) is 0. The molecule has 0 saturated carbocycles. The van der Waals surface area contributed by atoms with Gasteiger partial charge in [-0.25, -0.2) is 9.98 Å². The number of hydrogen-bond donors (Lipinski definition) is 10. The van der Waals surface area contributed by atoms with Crippen LogP contribution in [-0.2, 0) is 0 Å². The summed E-state index contributed by atoms with van der Waals surface area (Å²) in [4.78, 5) is 33.5. The molecule has 0 fully saturated rings. The Balaban J connectivity index is 2.57. The third kappa shape index (κ3) is 14.0. The lowest BCUT2D eigenvalue weighted by atomic mass is 10.0. The first-order chi connectivity index (χ1) is 23.0. The molecule has 0 aromatic heterocycles. The van der Waals surface area contributed by atoms with Crippen LogP contribution in [0.4, 0.5) is 11.4 Å². The van der Waals surface area contributed by atoms with Crippen LogP contribution in [0.5, 0.6) is 0 Å². The van der Waals surface area contributed by atoms with Gasteiger partial charge in [-0.3, -0.25) is 20.4 Å². The molecule has 260 valence electrons. The maximum atomic E-state index is 12.1. The van der Waals surface area contributed by atoms with Gasteiger partial charge in [-0.1, -0.05) is 0 Å². The van der Waals surface area contributed by atoms with Gasteiger partial charge in [-0.15, -0.1) is 20.4 Å². The second kappa shape index (κ2) is 18.3. The number of amidine groups is 2. The number of ketones is 2. The van der Waals surface area contributed by atoms with Gasteiger partial charge in [-0.05, 0) is 70.5 Å². The van der Waals surface area contributed by atoms with Gasteiger partial charge in [0.2, 0.25) is 23.8 Å². The van der Waals surface area contributed by atoms with Gasteiger partial charge in [0.25, 0.3) is 0 Å². The maximum absolute atomic E-state index is 12.1. The zero-order valence-electron chi connectivity index (χ0n) is 27.6. The fourth-order valence-electron chi connectivity index (χ4n) is 3.82. The van der Waals surface area contributed by atoms with Crippen LogP contribution in [0.2, 0.25) is 0 Å². The van der Waals surface area contributed by atoms with Gasteiger partial charge >= 0.3 is 0 Å². The molecule has 2 aromatic rings. The molecule has 0 amide bonds. The lowest BCUT2D eigenvalue weighted by Gasteiger charge is -2.11. The molecule has 0 bridgehead atoms. The highest BCUT2D eigenvalue weighted by atomic mass is 16.1. The van der Waals surface area contributed by atoms with Crippen LogP contribution in [0.3, 0.4) is 0 Å². The van der Waals surface area contributed by atoms with Gasteiger partial charge in [-0.2, -0.15) is 10.2 Å². The van der Waals surface area contributed by atoms with Gasteiger partial charge < -0.3 is 45.9 Å². The Morgan fingerprint density at radius 2 is 0.857 bits per heavy atom. The number of Topliss-reactive ketones (excluding diaryl/α,β-unsaturated/α-hetero) is 2. The Kier molecular flexibility index (Phi) is 14.3. The van der Waals surface area contributed by atoms with Crippen molar-refractivity contribution in [3.05, 3.63) is 58.7 Å². The van der Waals surface area contributed by atoms with Gasteiger partial charge in [0, 0.05) is 35.1 Å². The number of aliphatic imine (C=N–C) groups is 2. The van der Waals surface area contributed by atoms with E-state index in [-0.39, 0.29) is 48.2 Å². The molecule has 0 aliphatic rings. The van der Waals surface area contributed by atoms with E-state index in [1.807, 2.05) is 0 Å². The fraction of sp³-hybridized carbons (Fsp3) is 0.241. The summed E-state index contributed by atoms with van der Waals surface area (Å²) < 4.78 is 0. The summed E-state index contributed by atoms with van der Waals surface area (Å²) in [6.07, 6.45) is 0.970. The second-order valence-corrected chi connectivity index (χ2v) is 10.3. The van der Waals surface area contributed by atoms with Crippen molar-refractivity contribution in [2.75, 3.05) is 0 Å². The van der Waals surface area contributed by atoms with Crippen molar-refractivity contribution in [1.82, 2.24) is 10.9 Å². The van der Waals surface area contributed by atoms with E-state index in [2.05, 4.69) is 46.5 Å². The third-order valence-corrected chi connectivity index (χ3v) is 6.10. The molecule has 0 atom stereocenters. The molecule has 0 spiro atoms. The highest BCUT2D eigenvalue weighted by Crippen LogP contribution is 2.22. The number of hydrogen-bond acceptors (Lipinski definition) is 10. The standard InChI is InChI=1S/C29H42N18O2/c1-14(40-44-26(30)31)18-8-19(15(2)41-45-27(32)33)11-22(10-18)38-24(42-46-28(34)35)6-5-7-25(43-47-29(36)37)39-23-12-20(16(3)48)9-21(13-23)17(4)49/h8-13H,5-7H2,1-4H3,(H,38,42)(H,39,43)(H4,30,31,44)(H4,32,33,45)(H4,34,35,46)(H4,36,37,47). The van der Waals surface area contributed by atoms with E-state index >= 15 is 0 Å². The molecule has 0 unspecified atom stereocenters. The zero-order chi connectivity index (χ0) is 36.7. The van der Waals surface area contributed by atoms with Crippen molar-refractivity contribution >= 4 is 69.9 Å². The molecule has 20 nitrogen and oxygen atoms in total. The first-order valence-corrected chi connectivity index (χ1v) is 14.5. The topological polar surface area (TPSA) is 365 Å². The summed E-state index contributed by atoms with van der Waals surface area (Å²) in [5.41, 5.74) is 53.0. The Hall–Kier alpha value is -6.86. The van der Waals surface area contributed by atoms with Crippen molar-refractivity contribution in [3.63, 3.8) is 0 Å². The molecule has 0 heterocycles. The van der Waals surface area contributed by atoms with Crippen LogP contribution in [0.25, 0.3) is 0 Å². The van der Waals surface area contributed by atoms with E-state index in [1.54, 1.807) is 44.2 Å². The summed E-state index contributed by atoms with van der Waals surface area (Å²) >= 11 is 0. The molecule has 18 N–H and O–H groups in total. The number of guanidine groups is 4. The molecule has 20 heteroatoms. The van der Waals surface area contributed by atoms with Gasteiger partial charge in [0.05, 0.1) is 22.8 Å². The molecule has 2 rings (SSSR count). The molecule has 0 aliphatic heterocycles. The van der Waals surface area contributed by atoms with Crippen LogP contribution < -0.4 is 56.7 Å². The fourth-order valence-corrected chi connectivity index (χ4v) is 3.82. The number of nitrogens with two attached hydrogens (primary N) is 8. The first kappa shape index (κ1) is 38.3. The van der Waals surface area contributed by atoms with Crippen molar-refractivity contribution in [2.45, 2.75) is 47.0 Å². The highest BCUT2D eigenvalue weighted by Gasteiger charge is 2.11. The van der Waals surface area contributed by atoms with Crippen LogP contribution in [0, 0.1) is 0 Å². The normalized spacial score (nSPS) is 12.0. The third-order valence-electron chi connectivity index (χ3n) is 6.10. The molecule has 2 aromatic carbocycles. The quantitative estimate of drug-likeness (QED) is 0.0528. The maximum Gasteiger partial charge on any atom is 0.211 e. The predicted octanol–water partition coefficient (Wildman–Crippen LogP) is -0.427. The minimum Gasteiger partial charge on any atom is -0.369 e. The van der Waals surface area contributed by atoms with E-state index in [4.69, 9.17) is 50.9 Å². The minimum absolute atomic E-state index is 0.217. The largest absolute Gasteiger partial charge is 0.369 e. The summed E-state index contributed by atoms with van der Waals surface area (Å²) in [6, 6.07) is 9.87. The lowest BCUT2D eigenvalue weighted by molar-refractivity contribution is 0.101. The lowest BCUT2D eigenvalue weighted by Crippen LogP contribution is -2.30. The Morgan fingerprint density at radius 3 is 1.18 bits per heavy atom. The Bertz CT molecular complexity index is 1700. The summed E-state index contributed by atoms with van der Waals surface area (Å²) in [6.45, 7) is 6.20. The SMILES string of the molecule is CC(=O)c1cc(N=C(CCCC(=Nc2cc(C(C)=NN=C(N)N)cc(C(C)=NN=C(N)N)c2)NN=C(N)N)NN=C(N)N)cc(C(C)=O)c1. The van der Waals surface area contributed by atoms with Crippen molar-refractivity contribution in [1.29, 1.82) is 0 Å². The molecule has 0 radical (unpaired) electrons. The summed E-state index contributed by atoms with van der Waals surface area (Å²) in [5.74, 6) is -0.678. The van der Waals surface area contributed by atoms with Crippen LogP contribution >= 0.6 is 0 Å². The molecule has 49 heavy (non-hydrogen) atoms. The highest BCUT2D eigenvalue weighted by molar-refractivity contribution is 6.05. The van der Waals surface area contributed by atoms with E-state index in [0.717, 1.165) is 0 Å². The molecular formula is C29H42N18O2. The van der Waals surface area contributed by atoms with Crippen molar-refractivity contribution in [3.8, 4) is 0 Å². The Labute approximate surface area is 282 Å². The number of carbonyl (C=O) groups is 2. The number of carbonyl (C=O) groups excluding carboxylic acids is 2. The number of nitrogens with one attached hydrogen (secondary N) is 2. The number of rotatable bonds is 14. The Morgan fingerprint density at radius 1 is 0.510 bits per heavy atom. The van der Waals surface area contributed by atoms with Crippen molar-refractivity contribution in [2.24, 2.45) is 86.5 Å². The van der Waals surface area contributed by atoms with Crippen LogP contribution in [-0.4, -0.2) is 58.5 Å². The number of hydrazone groups is 2. The van der Waals surface area contributed by atoms with Crippen LogP contribution in [0.15, 0.2) is 77.0 Å². The average Bonchev–Trinajstić information content (AvgIpc) is 3.02. The van der Waals surface area contributed by atoms with Crippen LogP contribution in [0.1, 0.15) is 78.8 Å². The molecule has 0 aliphatic carbocycles. The molecular weight excluding hydrogens is 632 g/mol. The van der Waals surface area contributed by atoms with Gasteiger partial charge in [0.1, 0.15) is 11.7 Å². The monoisotopic (exact) mass is 674 g/mol. The average molecular weight is 675 g/mol. The predicted molar refractivity (Wildman–Crippen MR) is 195 cm³/mol. The number of benzene rings is 2. The van der Waals surface area contributed by atoms with E-state index in [0.29, 0.717) is 63.1 Å². The van der Waals surface area contributed by atoms with E-state index in [9.17, 15) is 9.59 Å². The van der Waals surface area contributed by atoms with Crippen molar-refractivity contribution < 1.29 is 9.59 Å². The van der Waals surface area contributed by atoms with E-state index < -0.39 is 0 Å². The number of nitrogens with zero attached hydrogens (tertiary/aromatic N) is 8. The van der Waals surface area contributed by atoms with E-state index in [1.165, 1.54) is 19.9 Å². The summed E-state index contributed by atoms with van der Waals surface area (Å²) in [5, 5.41) is 23.3. The second-order valence-electron chi connectivity index (χ2n) is 10.3. The molecule has 0 saturated heterocycles.